The van der Waals surface area contributed by atoms with Crippen LogP contribution in [0, 0.1) is 5.92 Å². The number of carbonyl (C=O) groups is 2. The fourth-order valence-electron chi connectivity index (χ4n) is 6.67. The summed E-state index contributed by atoms with van der Waals surface area (Å²) in [6.07, 6.45) is 14.8. The molecule has 1 aliphatic carbocycles. The Labute approximate surface area is 298 Å². The van der Waals surface area contributed by atoms with Gasteiger partial charge in [-0.25, -0.2) is 4.79 Å². The highest BCUT2D eigenvalue weighted by molar-refractivity contribution is 5.95. The van der Waals surface area contributed by atoms with Gasteiger partial charge in [0.25, 0.3) is 5.91 Å². The smallest absolute Gasteiger partial charge is 0.335 e. The van der Waals surface area contributed by atoms with Crippen LogP contribution in [0.4, 0.5) is 17.1 Å². The standard InChI is InChI=1S/C29H32N2O3.C13H23N3/c1-19-6-5-7-25(30)18-27(19)20(2)16-24-17-23(28(32)31-14-3-4-15-31)12-13-26(24)21-8-10-22(11-9-21)29(33)34;1-3-4-5-6-10(2)16-13-8-7-11(14)9-12(13)15/h5,7-13,17-18,20H,3-4,6,14-16,30H2,1-2H3,(H,33,34);7-10,16H,3-6,14-15H2,1-2H3/t20-;/m0./s1. The molecule has 1 amide bonds. The van der Waals surface area contributed by atoms with Crippen LogP contribution in [-0.4, -0.2) is 41.0 Å². The van der Waals surface area contributed by atoms with E-state index in [1.807, 2.05) is 53.4 Å². The quantitative estimate of drug-likeness (QED) is 0.0950. The molecule has 1 saturated heterocycles. The Morgan fingerprint density at radius 3 is 2.28 bits per heavy atom. The number of aromatic carboxylic acids is 1. The third-order valence-corrected chi connectivity index (χ3v) is 9.51. The molecule has 5 rings (SSSR count). The van der Waals surface area contributed by atoms with Crippen LogP contribution in [0.2, 0.25) is 0 Å². The van der Waals surface area contributed by atoms with Gasteiger partial charge >= 0.3 is 5.97 Å². The molecule has 1 fully saturated rings. The van der Waals surface area contributed by atoms with Crippen LogP contribution in [0.25, 0.3) is 11.1 Å². The Morgan fingerprint density at radius 2 is 1.62 bits per heavy atom. The summed E-state index contributed by atoms with van der Waals surface area (Å²) in [7, 11) is 0. The molecular weight excluding hydrogens is 622 g/mol. The summed E-state index contributed by atoms with van der Waals surface area (Å²) in [4.78, 5) is 26.3. The predicted molar refractivity (Wildman–Crippen MR) is 208 cm³/mol. The second-order valence-corrected chi connectivity index (χ2v) is 13.7. The van der Waals surface area contributed by atoms with Gasteiger partial charge in [0.15, 0.2) is 0 Å². The number of nitrogens with zero attached hydrogens (tertiary/aromatic N) is 1. The molecule has 1 heterocycles. The van der Waals surface area contributed by atoms with Crippen molar-refractivity contribution in [2.75, 3.05) is 29.9 Å². The summed E-state index contributed by atoms with van der Waals surface area (Å²) in [6.45, 7) is 10.4. The van der Waals surface area contributed by atoms with Gasteiger partial charge in [-0.3, -0.25) is 4.79 Å². The Kier molecular flexibility index (Phi) is 13.7. The number of hydrogen-bond donors (Lipinski definition) is 5. The summed E-state index contributed by atoms with van der Waals surface area (Å²) in [5, 5.41) is 12.7. The Bertz CT molecular complexity index is 1720. The lowest BCUT2D eigenvalue weighted by Gasteiger charge is -2.21. The van der Waals surface area contributed by atoms with Crippen molar-refractivity contribution in [1.82, 2.24) is 4.90 Å². The molecule has 3 aromatic rings. The van der Waals surface area contributed by atoms with Crippen LogP contribution in [0.1, 0.15) is 98.9 Å². The average Bonchev–Trinajstić information content (AvgIpc) is 3.58. The van der Waals surface area contributed by atoms with Crippen molar-refractivity contribution in [2.24, 2.45) is 11.7 Å². The van der Waals surface area contributed by atoms with Crippen LogP contribution in [0.15, 0.2) is 95.7 Å². The van der Waals surface area contributed by atoms with E-state index >= 15 is 0 Å². The average molecular weight is 678 g/mol. The normalized spacial score (nSPS) is 15.4. The SMILES string of the molecule is CC1=C([C@@H](C)Cc2cc(C(=O)N3CCCC3)ccc2-c2ccc(C(=O)O)cc2)C=C(N)C=CC1.CCCCCC(C)Nc1ccc(N)cc1N. The van der Waals surface area contributed by atoms with Crippen LogP contribution in [-0.2, 0) is 6.42 Å². The van der Waals surface area contributed by atoms with E-state index in [-0.39, 0.29) is 17.4 Å². The molecule has 0 radical (unpaired) electrons. The maximum absolute atomic E-state index is 13.1. The van der Waals surface area contributed by atoms with Crippen molar-refractivity contribution in [3.63, 3.8) is 0 Å². The molecule has 266 valence electrons. The molecule has 2 atom stereocenters. The van der Waals surface area contributed by atoms with E-state index < -0.39 is 5.97 Å². The van der Waals surface area contributed by atoms with Crippen LogP contribution in [0.5, 0.6) is 0 Å². The number of carboxylic acids is 1. The number of nitrogen functional groups attached to an aromatic ring is 2. The fraction of sp³-hybridized carbons (Fsp3) is 0.381. The number of unbranched alkanes of at least 4 members (excludes halogenated alkanes) is 2. The number of allylic oxidation sites excluding steroid dienone is 5. The molecule has 8 N–H and O–H groups in total. The van der Waals surface area contributed by atoms with Gasteiger partial charge in [-0.15, -0.1) is 0 Å². The van der Waals surface area contributed by atoms with Crippen molar-refractivity contribution < 1.29 is 14.7 Å². The van der Waals surface area contributed by atoms with Gasteiger partial charge < -0.3 is 32.5 Å². The molecule has 8 nitrogen and oxygen atoms in total. The summed E-state index contributed by atoms with van der Waals surface area (Å²) in [5.74, 6) is -0.661. The minimum atomic E-state index is -0.944. The third kappa shape index (κ3) is 10.5. The van der Waals surface area contributed by atoms with E-state index in [2.05, 4.69) is 45.2 Å². The number of carboxylic acid groups (broad SMARTS) is 1. The zero-order valence-corrected chi connectivity index (χ0v) is 30.2. The molecular formula is C42H55N5O3. The number of likely N-dealkylation sites (tertiary alicyclic amines) is 1. The number of hydrogen-bond acceptors (Lipinski definition) is 6. The summed E-state index contributed by atoms with van der Waals surface area (Å²) in [6, 6.07) is 18.9. The van der Waals surface area contributed by atoms with Crippen molar-refractivity contribution >= 4 is 28.9 Å². The molecule has 0 saturated carbocycles. The zero-order valence-electron chi connectivity index (χ0n) is 30.2. The first kappa shape index (κ1) is 37.8. The maximum Gasteiger partial charge on any atom is 0.335 e. The minimum absolute atomic E-state index is 0.0809. The van der Waals surface area contributed by atoms with Gasteiger partial charge in [-0.2, -0.15) is 0 Å². The van der Waals surface area contributed by atoms with Crippen LogP contribution in [0.3, 0.4) is 0 Å². The second kappa shape index (κ2) is 18.1. The first-order valence-corrected chi connectivity index (χ1v) is 18.0. The van der Waals surface area contributed by atoms with Gasteiger partial charge in [0.05, 0.1) is 16.9 Å². The molecule has 0 bridgehead atoms. The third-order valence-electron chi connectivity index (χ3n) is 9.51. The summed E-state index contributed by atoms with van der Waals surface area (Å²) in [5.41, 5.74) is 27.4. The topological polar surface area (TPSA) is 148 Å². The molecule has 1 aliphatic heterocycles. The first-order chi connectivity index (χ1) is 24.0. The van der Waals surface area contributed by atoms with Gasteiger partial charge in [0, 0.05) is 36.1 Å². The van der Waals surface area contributed by atoms with E-state index in [9.17, 15) is 14.7 Å². The zero-order chi connectivity index (χ0) is 36.2. The number of carbonyl (C=O) groups excluding carboxylic acids is 1. The first-order valence-electron chi connectivity index (χ1n) is 18.0. The van der Waals surface area contributed by atoms with Gasteiger partial charge in [0.2, 0.25) is 0 Å². The van der Waals surface area contributed by atoms with E-state index in [1.54, 1.807) is 18.2 Å². The molecule has 3 aromatic carbocycles. The highest BCUT2D eigenvalue weighted by atomic mass is 16.4. The summed E-state index contributed by atoms with van der Waals surface area (Å²) >= 11 is 0. The number of anilines is 3. The van der Waals surface area contributed by atoms with E-state index in [1.165, 1.54) is 36.8 Å². The Hall–Kier alpha value is -4.98. The number of nitrogens with one attached hydrogen (secondary N) is 1. The number of amides is 1. The van der Waals surface area contributed by atoms with Crippen molar-refractivity contribution in [1.29, 1.82) is 0 Å². The van der Waals surface area contributed by atoms with Crippen molar-refractivity contribution in [3.05, 3.63) is 112 Å². The lowest BCUT2D eigenvalue weighted by Crippen LogP contribution is -2.27. The maximum atomic E-state index is 13.1. The monoisotopic (exact) mass is 677 g/mol. The van der Waals surface area contributed by atoms with E-state index in [4.69, 9.17) is 17.2 Å². The Morgan fingerprint density at radius 1 is 0.920 bits per heavy atom. The number of benzene rings is 3. The fourth-order valence-corrected chi connectivity index (χ4v) is 6.67. The lowest BCUT2D eigenvalue weighted by molar-refractivity contribution is 0.0696. The van der Waals surface area contributed by atoms with Crippen molar-refractivity contribution in [2.45, 2.75) is 85.1 Å². The highest BCUT2D eigenvalue weighted by Crippen LogP contribution is 2.32. The molecule has 8 heteroatoms. The second-order valence-electron chi connectivity index (χ2n) is 13.7. The van der Waals surface area contributed by atoms with Crippen LogP contribution >= 0.6 is 0 Å². The number of nitrogens with two attached hydrogens (primary N) is 3. The molecule has 1 unspecified atom stereocenters. The molecule has 50 heavy (non-hydrogen) atoms. The van der Waals surface area contributed by atoms with E-state index in [0.717, 1.165) is 72.5 Å². The lowest BCUT2D eigenvalue weighted by atomic mass is 9.85. The predicted octanol–water partition coefficient (Wildman–Crippen LogP) is 8.82. The van der Waals surface area contributed by atoms with Crippen molar-refractivity contribution in [3.8, 4) is 11.1 Å². The highest BCUT2D eigenvalue weighted by Gasteiger charge is 2.22. The molecule has 0 aromatic heterocycles. The molecule has 2 aliphatic rings. The van der Waals surface area contributed by atoms with Gasteiger partial charge in [-0.05, 0) is 129 Å². The minimum Gasteiger partial charge on any atom is -0.478 e. The largest absolute Gasteiger partial charge is 0.478 e. The number of rotatable bonds is 12. The van der Waals surface area contributed by atoms with Crippen LogP contribution < -0.4 is 22.5 Å². The van der Waals surface area contributed by atoms with E-state index in [0.29, 0.717) is 17.3 Å². The van der Waals surface area contributed by atoms with Gasteiger partial charge in [-0.1, -0.05) is 63.0 Å². The molecule has 0 spiro atoms. The van der Waals surface area contributed by atoms with Gasteiger partial charge in [0.1, 0.15) is 0 Å². The Balaban J connectivity index is 0.000000295. The summed E-state index contributed by atoms with van der Waals surface area (Å²) < 4.78 is 0.